The topological polar surface area (TPSA) is 44.3 Å². The molecule has 1 saturated heterocycles. The molecular formula is C14H25N5. The van der Waals surface area contributed by atoms with E-state index in [4.69, 9.17) is 0 Å². The van der Waals surface area contributed by atoms with E-state index in [-0.39, 0.29) is 0 Å². The zero-order chi connectivity index (χ0) is 13.7. The average Bonchev–Trinajstić information content (AvgIpc) is 2.86. The van der Waals surface area contributed by atoms with Gasteiger partial charge in [-0.2, -0.15) is 0 Å². The summed E-state index contributed by atoms with van der Waals surface area (Å²) in [4.78, 5) is 13.6. The Balaban J connectivity index is 1.98. The summed E-state index contributed by atoms with van der Waals surface area (Å²) in [6.45, 7) is 8.57. The summed E-state index contributed by atoms with van der Waals surface area (Å²) < 4.78 is 0. The van der Waals surface area contributed by atoms with Gasteiger partial charge in [0.25, 0.3) is 0 Å². The van der Waals surface area contributed by atoms with Crippen molar-refractivity contribution in [2.45, 2.75) is 32.7 Å². The third-order valence-corrected chi connectivity index (χ3v) is 3.76. The second kappa shape index (κ2) is 6.70. The Hall–Kier alpha value is -1.36. The van der Waals surface area contributed by atoms with Gasteiger partial charge in [-0.05, 0) is 32.9 Å². The molecule has 5 nitrogen and oxygen atoms in total. The number of nitrogens with zero attached hydrogens (tertiary/aromatic N) is 4. The molecule has 1 aliphatic heterocycles. The van der Waals surface area contributed by atoms with E-state index in [1.54, 1.807) is 6.20 Å². The van der Waals surface area contributed by atoms with Crippen molar-refractivity contribution in [3.63, 3.8) is 0 Å². The number of hydrogen-bond acceptors (Lipinski definition) is 5. The van der Waals surface area contributed by atoms with Gasteiger partial charge in [0.15, 0.2) is 0 Å². The highest BCUT2D eigenvalue weighted by Crippen LogP contribution is 2.19. The van der Waals surface area contributed by atoms with Crippen LogP contribution in [0.2, 0.25) is 0 Å². The van der Waals surface area contributed by atoms with Crippen molar-refractivity contribution in [2.75, 3.05) is 43.4 Å². The van der Waals surface area contributed by atoms with E-state index in [1.807, 2.05) is 6.20 Å². The van der Waals surface area contributed by atoms with E-state index >= 15 is 0 Å². The van der Waals surface area contributed by atoms with Crippen LogP contribution >= 0.6 is 0 Å². The first-order valence-electron chi connectivity index (χ1n) is 7.25. The molecule has 0 bridgehead atoms. The highest BCUT2D eigenvalue weighted by Gasteiger charge is 2.24. The lowest BCUT2D eigenvalue weighted by atomic mass is 10.2. The zero-order valence-corrected chi connectivity index (χ0v) is 12.3. The van der Waals surface area contributed by atoms with Crippen LogP contribution in [-0.2, 0) is 0 Å². The van der Waals surface area contributed by atoms with E-state index < -0.39 is 0 Å². The van der Waals surface area contributed by atoms with Gasteiger partial charge in [-0.3, -0.25) is 9.88 Å². The van der Waals surface area contributed by atoms with Crippen molar-refractivity contribution in [3.05, 3.63) is 12.4 Å². The van der Waals surface area contributed by atoms with Crippen molar-refractivity contribution in [1.29, 1.82) is 0 Å². The van der Waals surface area contributed by atoms with Crippen LogP contribution in [0.5, 0.6) is 0 Å². The highest BCUT2D eigenvalue weighted by atomic mass is 15.3. The summed E-state index contributed by atoms with van der Waals surface area (Å²) in [5.74, 6) is 1.80. The molecule has 1 fully saturated rings. The van der Waals surface area contributed by atoms with Gasteiger partial charge < -0.3 is 10.2 Å². The Kier molecular flexibility index (Phi) is 4.96. The summed E-state index contributed by atoms with van der Waals surface area (Å²) in [5, 5.41) is 3.21. The molecule has 2 rings (SSSR count). The number of hydrogen-bond donors (Lipinski definition) is 1. The minimum absolute atomic E-state index is 0.652. The fourth-order valence-electron chi connectivity index (χ4n) is 2.73. The van der Waals surface area contributed by atoms with Gasteiger partial charge in [-0.15, -0.1) is 0 Å². The number of rotatable bonds is 6. The number of nitrogens with one attached hydrogen (secondary N) is 1. The lowest BCUT2D eigenvalue weighted by Crippen LogP contribution is -2.39. The summed E-state index contributed by atoms with van der Waals surface area (Å²) in [7, 11) is 2.10. The van der Waals surface area contributed by atoms with Crippen molar-refractivity contribution >= 4 is 11.6 Å². The molecule has 1 aromatic rings. The van der Waals surface area contributed by atoms with Crippen LogP contribution in [0, 0.1) is 0 Å². The third-order valence-electron chi connectivity index (χ3n) is 3.76. The summed E-state index contributed by atoms with van der Waals surface area (Å²) >= 11 is 0. The van der Waals surface area contributed by atoms with Crippen LogP contribution in [0.1, 0.15) is 26.7 Å². The maximum absolute atomic E-state index is 4.59. The van der Waals surface area contributed by atoms with E-state index in [2.05, 4.69) is 46.0 Å². The van der Waals surface area contributed by atoms with Crippen molar-refractivity contribution < 1.29 is 0 Å². The van der Waals surface area contributed by atoms with Gasteiger partial charge in [-0.25, -0.2) is 4.98 Å². The molecule has 2 heterocycles. The van der Waals surface area contributed by atoms with Crippen molar-refractivity contribution in [2.24, 2.45) is 0 Å². The van der Waals surface area contributed by atoms with E-state index in [0.717, 1.165) is 31.3 Å². The third kappa shape index (κ3) is 3.56. The minimum Gasteiger partial charge on any atom is -0.369 e. The Bertz CT molecular complexity index is 395. The number of anilines is 2. The predicted octanol–water partition coefficient (Wildman–Crippen LogP) is 1.83. The Morgan fingerprint density at radius 3 is 3.00 bits per heavy atom. The molecule has 0 saturated carbocycles. The lowest BCUT2D eigenvalue weighted by molar-refractivity contribution is 0.270. The van der Waals surface area contributed by atoms with Crippen molar-refractivity contribution in [3.8, 4) is 0 Å². The number of likely N-dealkylation sites (N-methyl/N-ethyl adjacent to an activating group) is 2. The first kappa shape index (κ1) is 14.1. The molecule has 1 aromatic heterocycles. The maximum atomic E-state index is 4.59. The van der Waals surface area contributed by atoms with E-state index in [9.17, 15) is 0 Å². The van der Waals surface area contributed by atoms with E-state index in [1.165, 1.54) is 19.4 Å². The quantitative estimate of drug-likeness (QED) is 0.848. The molecule has 0 amide bonds. The molecule has 1 atom stereocenters. The minimum atomic E-state index is 0.652. The normalized spacial score (nSPS) is 19.6. The van der Waals surface area contributed by atoms with Crippen LogP contribution in [0.3, 0.4) is 0 Å². The first-order valence-corrected chi connectivity index (χ1v) is 7.25. The monoisotopic (exact) mass is 263 g/mol. The SMILES string of the molecule is CCNc1cncc(N(C)CC2CCCN2CC)n1. The highest BCUT2D eigenvalue weighted by molar-refractivity contribution is 5.43. The Morgan fingerprint density at radius 1 is 1.42 bits per heavy atom. The van der Waals surface area contributed by atoms with Crippen LogP contribution in [0.15, 0.2) is 12.4 Å². The van der Waals surface area contributed by atoms with Gasteiger partial charge in [0, 0.05) is 26.2 Å². The second-order valence-electron chi connectivity index (χ2n) is 5.10. The van der Waals surface area contributed by atoms with E-state index in [0.29, 0.717) is 6.04 Å². The van der Waals surface area contributed by atoms with Crippen LogP contribution in [-0.4, -0.2) is 54.1 Å². The van der Waals surface area contributed by atoms with Gasteiger partial charge in [0.05, 0.1) is 12.4 Å². The van der Waals surface area contributed by atoms with Crippen LogP contribution in [0.4, 0.5) is 11.6 Å². The predicted molar refractivity (Wildman–Crippen MR) is 79.7 cm³/mol. The number of aromatic nitrogens is 2. The van der Waals surface area contributed by atoms with Crippen LogP contribution < -0.4 is 10.2 Å². The molecule has 0 aliphatic carbocycles. The molecule has 19 heavy (non-hydrogen) atoms. The molecule has 1 unspecified atom stereocenters. The standard InChI is InChI=1S/C14H25N5/c1-4-16-13-9-15-10-14(17-13)18(3)11-12-7-6-8-19(12)5-2/h9-10,12H,4-8,11H2,1-3H3,(H,16,17). The lowest BCUT2D eigenvalue weighted by Gasteiger charge is -2.28. The van der Waals surface area contributed by atoms with Gasteiger partial charge in [0.1, 0.15) is 11.6 Å². The van der Waals surface area contributed by atoms with Crippen molar-refractivity contribution in [1.82, 2.24) is 14.9 Å². The molecule has 106 valence electrons. The molecule has 1 N–H and O–H groups in total. The average molecular weight is 263 g/mol. The Morgan fingerprint density at radius 2 is 2.26 bits per heavy atom. The fourth-order valence-corrected chi connectivity index (χ4v) is 2.73. The largest absolute Gasteiger partial charge is 0.369 e. The molecule has 1 aliphatic rings. The number of likely N-dealkylation sites (tertiary alicyclic amines) is 1. The molecule has 5 heteroatoms. The smallest absolute Gasteiger partial charge is 0.149 e. The second-order valence-corrected chi connectivity index (χ2v) is 5.10. The fraction of sp³-hybridized carbons (Fsp3) is 0.714. The van der Waals surface area contributed by atoms with Gasteiger partial charge in [0.2, 0.25) is 0 Å². The Labute approximate surface area is 116 Å². The van der Waals surface area contributed by atoms with Gasteiger partial charge >= 0.3 is 0 Å². The molecular weight excluding hydrogens is 238 g/mol. The molecule has 0 aromatic carbocycles. The summed E-state index contributed by atoms with van der Waals surface area (Å²) in [5.41, 5.74) is 0. The summed E-state index contributed by atoms with van der Waals surface area (Å²) in [6.07, 6.45) is 6.22. The first-order chi connectivity index (χ1) is 9.24. The molecule has 0 spiro atoms. The van der Waals surface area contributed by atoms with Gasteiger partial charge in [-0.1, -0.05) is 6.92 Å². The van der Waals surface area contributed by atoms with Crippen LogP contribution in [0.25, 0.3) is 0 Å². The zero-order valence-electron chi connectivity index (χ0n) is 12.3. The summed E-state index contributed by atoms with van der Waals surface area (Å²) in [6, 6.07) is 0.652. The molecule has 0 radical (unpaired) electrons. The maximum Gasteiger partial charge on any atom is 0.149 e.